The second-order valence-corrected chi connectivity index (χ2v) is 8.32. The van der Waals surface area contributed by atoms with Crippen LogP contribution in [0.15, 0.2) is 59.6 Å². The van der Waals surface area contributed by atoms with Gasteiger partial charge in [0.15, 0.2) is 5.96 Å². The van der Waals surface area contributed by atoms with Gasteiger partial charge >= 0.3 is 0 Å². The van der Waals surface area contributed by atoms with Gasteiger partial charge in [0.1, 0.15) is 0 Å². The molecule has 2 aromatic rings. The van der Waals surface area contributed by atoms with E-state index in [0.29, 0.717) is 6.54 Å². The van der Waals surface area contributed by atoms with Crippen LogP contribution >= 0.6 is 24.0 Å². The molecule has 0 aromatic heterocycles. The van der Waals surface area contributed by atoms with E-state index in [-0.39, 0.29) is 36.3 Å². The van der Waals surface area contributed by atoms with Gasteiger partial charge in [0.2, 0.25) is 10.0 Å². The molecule has 0 saturated heterocycles. The first-order valence-electron chi connectivity index (χ1n) is 9.24. The lowest BCUT2D eigenvalue weighted by molar-refractivity contribution is 0.581. The molecule has 0 spiro atoms. The molecule has 28 heavy (non-hydrogen) atoms. The molecule has 3 rings (SSSR count). The molecule has 1 aliphatic heterocycles. The Kier molecular flexibility index (Phi) is 8.71. The summed E-state index contributed by atoms with van der Waals surface area (Å²) in [4.78, 5) is 6.67. The lowest BCUT2D eigenvalue weighted by Gasteiger charge is -2.22. The zero-order chi connectivity index (χ0) is 19.1. The Labute approximate surface area is 184 Å². The quantitative estimate of drug-likeness (QED) is 0.339. The average Bonchev–Trinajstić information content (AvgIpc) is 3.11. The maximum atomic E-state index is 12.2. The van der Waals surface area contributed by atoms with Crippen molar-refractivity contribution in [1.29, 1.82) is 0 Å². The summed E-state index contributed by atoms with van der Waals surface area (Å²) in [6.45, 7) is 4.11. The van der Waals surface area contributed by atoms with E-state index >= 15 is 0 Å². The van der Waals surface area contributed by atoms with E-state index < -0.39 is 10.0 Å². The van der Waals surface area contributed by atoms with Crippen molar-refractivity contribution in [2.45, 2.75) is 19.9 Å². The van der Waals surface area contributed by atoms with Crippen molar-refractivity contribution in [3.63, 3.8) is 0 Å². The number of fused-ring (bicyclic) bond motifs is 1. The largest absolute Gasteiger partial charge is 0.356 e. The van der Waals surface area contributed by atoms with Gasteiger partial charge in [-0.1, -0.05) is 48.5 Å². The van der Waals surface area contributed by atoms with Gasteiger partial charge < -0.3 is 10.2 Å². The zero-order valence-corrected chi connectivity index (χ0v) is 19.1. The highest BCUT2D eigenvalue weighted by atomic mass is 127. The maximum Gasteiger partial charge on any atom is 0.213 e. The standard InChI is InChI=1S/C20H26N4O2S.HI/c1-2-21-20(24-14-12-18-10-6-7-11-19(18)24)22-13-15-27(25,26)23-16-17-8-4-3-5-9-17;/h3-11,23H,2,12-16H2,1H3,(H,21,22);1H. The summed E-state index contributed by atoms with van der Waals surface area (Å²) in [5, 5.41) is 3.27. The first-order valence-corrected chi connectivity index (χ1v) is 10.9. The summed E-state index contributed by atoms with van der Waals surface area (Å²) in [5.41, 5.74) is 3.37. The molecule has 0 fully saturated rings. The average molecular weight is 514 g/mol. The third-order valence-corrected chi connectivity index (χ3v) is 5.74. The normalized spacial score (nSPS) is 13.8. The third-order valence-electron chi connectivity index (χ3n) is 4.44. The lowest BCUT2D eigenvalue weighted by Crippen LogP contribution is -2.41. The van der Waals surface area contributed by atoms with E-state index in [9.17, 15) is 8.42 Å². The van der Waals surface area contributed by atoms with Crippen LogP contribution in [0.4, 0.5) is 5.69 Å². The molecule has 0 unspecified atom stereocenters. The van der Waals surface area contributed by atoms with Crippen molar-refractivity contribution in [2.75, 3.05) is 30.3 Å². The minimum Gasteiger partial charge on any atom is -0.356 e. The van der Waals surface area contributed by atoms with Gasteiger partial charge in [-0.3, -0.25) is 4.99 Å². The summed E-state index contributed by atoms with van der Waals surface area (Å²) in [6.07, 6.45) is 0.970. The van der Waals surface area contributed by atoms with Crippen LogP contribution in [0.2, 0.25) is 0 Å². The van der Waals surface area contributed by atoms with E-state index in [1.807, 2.05) is 49.4 Å². The smallest absolute Gasteiger partial charge is 0.213 e. The third kappa shape index (κ3) is 6.18. The Morgan fingerprint density at radius 2 is 1.82 bits per heavy atom. The monoisotopic (exact) mass is 514 g/mol. The summed E-state index contributed by atoms with van der Waals surface area (Å²) in [5.74, 6) is 0.699. The number of halogens is 1. The topological polar surface area (TPSA) is 73.8 Å². The second-order valence-electron chi connectivity index (χ2n) is 6.39. The molecule has 0 aliphatic carbocycles. The fourth-order valence-corrected chi connectivity index (χ4v) is 3.95. The van der Waals surface area contributed by atoms with Crippen molar-refractivity contribution >= 4 is 45.6 Å². The zero-order valence-electron chi connectivity index (χ0n) is 16.0. The first kappa shape index (κ1) is 22.6. The molecule has 0 radical (unpaired) electrons. The van der Waals surface area contributed by atoms with Gasteiger partial charge in [0.05, 0.1) is 12.3 Å². The van der Waals surface area contributed by atoms with E-state index in [2.05, 4.69) is 32.1 Å². The number of hydrogen-bond acceptors (Lipinski definition) is 3. The minimum atomic E-state index is -3.38. The van der Waals surface area contributed by atoms with Crippen molar-refractivity contribution in [1.82, 2.24) is 10.0 Å². The maximum absolute atomic E-state index is 12.2. The van der Waals surface area contributed by atoms with Gasteiger partial charge in [-0.2, -0.15) is 0 Å². The molecule has 1 aliphatic rings. The molecule has 1 heterocycles. The van der Waals surface area contributed by atoms with Crippen LogP contribution in [0.1, 0.15) is 18.1 Å². The SMILES string of the molecule is CCNC(=NCCS(=O)(=O)NCc1ccccc1)N1CCc2ccccc21.I. The van der Waals surface area contributed by atoms with Crippen molar-refractivity contribution in [3.8, 4) is 0 Å². The van der Waals surface area contributed by atoms with Crippen molar-refractivity contribution < 1.29 is 8.42 Å². The number of anilines is 1. The highest BCUT2D eigenvalue weighted by Gasteiger charge is 2.22. The predicted molar refractivity (Wildman–Crippen MR) is 126 cm³/mol. The number of para-hydroxylation sites is 1. The lowest BCUT2D eigenvalue weighted by atomic mass is 10.2. The molecule has 6 nitrogen and oxygen atoms in total. The number of rotatable bonds is 7. The van der Waals surface area contributed by atoms with Gasteiger partial charge in [0, 0.05) is 25.3 Å². The molecular weight excluding hydrogens is 487 g/mol. The Bertz CT molecular complexity index is 888. The van der Waals surface area contributed by atoms with Crippen LogP contribution in [0.5, 0.6) is 0 Å². The second kappa shape index (κ2) is 10.8. The van der Waals surface area contributed by atoms with Crippen LogP contribution in [-0.4, -0.2) is 39.8 Å². The van der Waals surface area contributed by atoms with E-state index in [4.69, 9.17) is 0 Å². The van der Waals surface area contributed by atoms with Crippen LogP contribution < -0.4 is 14.9 Å². The number of nitrogens with zero attached hydrogens (tertiary/aromatic N) is 2. The molecule has 0 bridgehead atoms. The first-order chi connectivity index (χ1) is 13.1. The van der Waals surface area contributed by atoms with Crippen LogP contribution in [0, 0.1) is 0 Å². The Hall–Kier alpha value is -1.65. The number of hydrogen-bond donors (Lipinski definition) is 2. The summed E-state index contributed by atoms with van der Waals surface area (Å²) in [7, 11) is -3.38. The number of sulfonamides is 1. The fraction of sp³-hybridized carbons (Fsp3) is 0.350. The summed E-state index contributed by atoms with van der Waals surface area (Å²) >= 11 is 0. The Balaban J connectivity index is 0.00000280. The molecule has 2 aromatic carbocycles. The molecule has 152 valence electrons. The van der Waals surface area contributed by atoms with Gasteiger partial charge in [-0.15, -0.1) is 24.0 Å². The Morgan fingerprint density at radius 1 is 1.11 bits per heavy atom. The number of benzene rings is 2. The number of guanidine groups is 1. The predicted octanol–water partition coefficient (Wildman–Crippen LogP) is 2.75. The van der Waals surface area contributed by atoms with Crippen LogP contribution in [-0.2, 0) is 23.0 Å². The molecule has 0 atom stereocenters. The Morgan fingerprint density at radius 3 is 2.57 bits per heavy atom. The molecular formula is C20H27IN4O2S. The number of nitrogens with one attached hydrogen (secondary N) is 2. The molecule has 0 saturated carbocycles. The molecule has 0 amide bonds. The van der Waals surface area contributed by atoms with Gasteiger partial charge in [0.25, 0.3) is 0 Å². The van der Waals surface area contributed by atoms with Crippen LogP contribution in [0.3, 0.4) is 0 Å². The van der Waals surface area contributed by atoms with Gasteiger partial charge in [-0.05, 0) is 30.5 Å². The fourth-order valence-electron chi connectivity index (χ4n) is 3.09. The van der Waals surface area contributed by atoms with E-state index in [0.717, 1.165) is 36.7 Å². The van der Waals surface area contributed by atoms with Crippen molar-refractivity contribution in [2.24, 2.45) is 4.99 Å². The number of aliphatic imine (C=N–C) groups is 1. The van der Waals surface area contributed by atoms with Gasteiger partial charge in [-0.25, -0.2) is 13.1 Å². The highest BCUT2D eigenvalue weighted by molar-refractivity contribution is 14.0. The molecule has 2 N–H and O–H groups in total. The summed E-state index contributed by atoms with van der Waals surface area (Å²) < 4.78 is 27.1. The van der Waals surface area contributed by atoms with Crippen LogP contribution in [0.25, 0.3) is 0 Å². The summed E-state index contributed by atoms with van der Waals surface area (Å²) in [6, 6.07) is 17.7. The minimum absolute atomic E-state index is 0. The van der Waals surface area contributed by atoms with E-state index in [1.165, 1.54) is 5.56 Å². The molecule has 8 heteroatoms. The van der Waals surface area contributed by atoms with Crippen molar-refractivity contribution in [3.05, 3.63) is 65.7 Å². The highest BCUT2D eigenvalue weighted by Crippen LogP contribution is 2.27. The van der Waals surface area contributed by atoms with E-state index in [1.54, 1.807) is 0 Å².